The van der Waals surface area contributed by atoms with E-state index in [-0.39, 0.29) is 18.4 Å². The Bertz CT molecular complexity index is 873. The van der Waals surface area contributed by atoms with Crippen LogP contribution in [0.5, 0.6) is 11.5 Å². The SMILES string of the molecule is O=C(/C=C/c1ccccc1)N1CCN(C(=O)C2COc3ccccc3O2)CC1. The molecule has 2 aromatic carbocycles. The molecule has 1 unspecified atom stereocenters. The van der Waals surface area contributed by atoms with Crippen LogP contribution in [0.25, 0.3) is 6.08 Å². The number of carbonyl (C=O) groups excluding carboxylic acids is 2. The van der Waals surface area contributed by atoms with Gasteiger partial charge in [0.1, 0.15) is 6.61 Å². The smallest absolute Gasteiger partial charge is 0.267 e. The van der Waals surface area contributed by atoms with E-state index in [1.807, 2.05) is 54.6 Å². The van der Waals surface area contributed by atoms with E-state index >= 15 is 0 Å². The van der Waals surface area contributed by atoms with Gasteiger partial charge in [0.2, 0.25) is 12.0 Å². The number of para-hydroxylation sites is 2. The number of piperazine rings is 1. The summed E-state index contributed by atoms with van der Waals surface area (Å²) in [5, 5.41) is 0. The fourth-order valence-electron chi connectivity index (χ4n) is 3.33. The Hall–Kier alpha value is -3.28. The number of fused-ring (bicyclic) bond motifs is 1. The van der Waals surface area contributed by atoms with Crippen molar-refractivity contribution in [2.75, 3.05) is 32.8 Å². The summed E-state index contributed by atoms with van der Waals surface area (Å²) < 4.78 is 11.4. The van der Waals surface area contributed by atoms with Crippen LogP contribution in [0.4, 0.5) is 0 Å². The van der Waals surface area contributed by atoms with Crippen molar-refractivity contribution in [2.24, 2.45) is 0 Å². The standard InChI is InChI=1S/C22H22N2O4/c25-21(11-10-17-6-2-1-3-7-17)23-12-14-24(15-13-23)22(26)20-16-27-18-8-4-5-9-19(18)28-20/h1-11,20H,12-16H2/b11-10+. The molecule has 2 heterocycles. The van der Waals surface area contributed by atoms with E-state index in [9.17, 15) is 9.59 Å². The van der Waals surface area contributed by atoms with Crippen LogP contribution >= 0.6 is 0 Å². The van der Waals surface area contributed by atoms with Crippen LogP contribution in [-0.4, -0.2) is 60.5 Å². The van der Waals surface area contributed by atoms with E-state index in [0.29, 0.717) is 37.7 Å². The topological polar surface area (TPSA) is 59.1 Å². The largest absolute Gasteiger partial charge is 0.485 e. The van der Waals surface area contributed by atoms with Crippen molar-refractivity contribution in [1.82, 2.24) is 9.80 Å². The van der Waals surface area contributed by atoms with Gasteiger partial charge in [0.05, 0.1) is 0 Å². The molecule has 6 nitrogen and oxygen atoms in total. The third-order valence-electron chi connectivity index (χ3n) is 4.90. The van der Waals surface area contributed by atoms with Crippen LogP contribution < -0.4 is 9.47 Å². The molecule has 1 atom stereocenters. The lowest BCUT2D eigenvalue weighted by Crippen LogP contribution is -2.54. The van der Waals surface area contributed by atoms with E-state index in [1.165, 1.54) is 0 Å². The van der Waals surface area contributed by atoms with Crippen molar-refractivity contribution in [3.63, 3.8) is 0 Å². The average Bonchev–Trinajstić information content (AvgIpc) is 2.77. The summed E-state index contributed by atoms with van der Waals surface area (Å²) in [6.45, 7) is 2.20. The molecule has 0 bridgehead atoms. The van der Waals surface area contributed by atoms with Crippen LogP contribution in [-0.2, 0) is 9.59 Å². The number of hydrogen-bond acceptors (Lipinski definition) is 4. The van der Waals surface area contributed by atoms with Crippen LogP contribution in [0.15, 0.2) is 60.7 Å². The van der Waals surface area contributed by atoms with Crippen molar-refractivity contribution in [3.8, 4) is 11.5 Å². The van der Waals surface area contributed by atoms with Crippen molar-refractivity contribution < 1.29 is 19.1 Å². The predicted octanol–water partition coefficient (Wildman–Crippen LogP) is 2.21. The molecular formula is C22H22N2O4. The molecule has 0 spiro atoms. The molecule has 144 valence electrons. The molecule has 0 radical (unpaired) electrons. The Morgan fingerprint density at radius 2 is 1.50 bits per heavy atom. The molecule has 2 aliphatic rings. The van der Waals surface area contributed by atoms with E-state index in [2.05, 4.69) is 0 Å². The van der Waals surface area contributed by atoms with Crippen molar-refractivity contribution in [3.05, 3.63) is 66.2 Å². The third kappa shape index (κ3) is 4.01. The van der Waals surface area contributed by atoms with Gasteiger partial charge in [-0.1, -0.05) is 42.5 Å². The molecule has 1 saturated heterocycles. The Labute approximate surface area is 164 Å². The van der Waals surface area contributed by atoms with Gasteiger partial charge in [-0.25, -0.2) is 0 Å². The Balaban J connectivity index is 1.30. The number of amides is 2. The molecule has 0 N–H and O–H groups in total. The minimum atomic E-state index is -0.643. The summed E-state index contributed by atoms with van der Waals surface area (Å²) >= 11 is 0. The number of benzene rings is 2. The zero-order valence-corrected chi connectivity index (χ0v) is 15.5. The Morgan fingerprint density at radius 1 is 0.857 bits per heavy atom. The fourth-order valence-corrected chi connectivity index (χ4v) is 3.33. The van der Waals surface area contributed by atoms with Gasteiger partial charge in [-0.05, 0) is 23.8 Å². The van der Waals surface area contributed by atoms with Crippen LogP contribution in [0, 0.1) is 0 Å². The number of hydrogen-bond donors (Lipinski definition) is 0. The van der Waals surface area contributed by atoms with E-state index in [4.69, 9.17) is 9.47 Å². The van der Waals surface area contributed by atoms with Crippen molar-refractivity contribution >= 4 is 17.9 Å². The van der Waals surface area contributed by atoms with Gasteiger partial charge in [-0.15, -0.1) is 0 Å². The molecule has 2 aliphatic heterocycles. The maximum atomic E-state index is 12.8. The number of carbonyl (C=O) groups is 2. The van der Waals surface area contributed by atoms with Gasteiger partial charge < -0.3 is 19.3 Å². The molecule has 0 aromatic heterocycles. The summed E-state index contributed by atoms with van der Waals surface area (Å²) in [5.74, 6) is 1.11. The molecule has 1 fully saturated rings. The number of nitrogens with zero attached hydrogens (tertiary/aromatic N) is 2. The van der Waals surface area contributed by atoms with E-state index in [0.717, 1.165) is 5.56 Å². The molecule has 6 heteroatoms. The molecule has 4 rings (SSSR count). The third-order valence-corrected chi connectivity index (χ3v) is 4.90. The highest BCUT2D eigenvalue weighted by atomic mass is 16.6. The van der Waals surface area contributed by atoms with Crippen LogP contribution in [0.3, 0.4) is 0 Å². The van der Waals surface area contributed by atoms with Gasteiger partial charge >= 0.3 is 0 Å². The summed E-state index contributed by atoms with van der Waals surface area (Å²) in [6, 6.07) is 17.0. The molecule has 0 aliphatic carbocycles. The lowest BCUT2D eigenvalue weighted by Gasteiger charge is -2.36. The first-order valence-electron chi connectivity index (χ1n) is 9.40. The first-order valence-corrected chi connectivity index (χ1v) is 9.40. The van der Waals surface area contributed by atoms with Crippen molar-refractivity contribution in [1.29, 1.82) is 0 Å². The monoisotopic (exact) mass is 378 g/mol. The highest BCUT2D eigenvalue weighted by Gasteiger charge is 2.33. The van der Waals surface area contributed by atoms with Crippen LogP contribution in [0.2, 0.25) is 0 Å². The predicted molar refractivity (Wildman–Crippen MR) is 105 cm³/mol. The Morgan fingerprint density at radius 3 is 2.25 bits per heavy atom. The van der Waals surface area contributed by atoms with Gasteiger partial charge in [0.25, 0.3) is 5.91 Å². The lowest BCUT2D eigenvalue weighted by molar-refractivity contribution is -0.145. The molecule has 2 aromatic rings. The van der Waals surface area contributed by atoms with Crippen molar-refractivity contribution in [2.45, 2.75) is 6.10 Å². The quantitative estimate of drug-likeness (QED) is 0.769. The molecule has 2 amide bonds. The maximum absolute atomic E-state index is 12.8. The maximum Gasteiger partial charge on any atom is 0.267 e. The number of ether oxygens (including phenoxy) is 2. The first-order chi connectivity index (χ1) is 13.7. The van der Waals surface area contributed by atoms with Gasteiger partial charge in [0.15, 0.2) is 11.5 Å². The zero-order chi connectivity index (χ0) is 19.3. The lowest BCUT2D eigenvalue weighted by atomic mass is 10.2. The molecule has 28 heavy (non-hydrogen) atoms. The normalized spacial score (nSPS) is 18.9. The summed E-state index contributed by atoms with van der Waals surface area (Å²) in [5.41, 5.74) is 0.986. The average molecular weight is 378 g/mol. The second-order valence-electron chi connectivity index (χ2n) is 6.76. The van der Waals surface area contributed by atoms with Crippen LogP contribution in [0.1, 0.15) is 5.56 Å². The fraction of sp³-hybridized carbons (Fsp3) is 0.273. The summed E-state index contributed by atoms with van der Waals surface area (Å²) in [4.78, 5) is 28.6. The molecular weight excluding hydrogens is 356 g/mol. The van der Waals surface area contributed by atoms with Gasteiger partial charge in [-0.2, -0.15) is 0 Å². The van der Waals surface area contributed by atoms with E-state index < -0.39 is 6.10 Å². The second-order valence-corrected chi connectivity index (χ2v) is 6.76. The second kappa shape index (κ2) is 8.17. The zero-order valence-electron chi connectivity index (χ0n) is 15.5. The highest BCUT2D eigenvalue weighted by molar-refractivity contribution is 5.92. The number of rotatable bonds is 3. The van der Waals surface area contributed by atoms with E-state index in [1.54, 1.807) is 21.9 Å². The summed E-state index contributed by atoms with van der Waals surface area (Å²) in [7, 11) is 0. The highest BCUT2D eigenvalue weighted by Crippen LogP contribution is 2.31. The Kier molecular flexibility index (Phi) is 5.28. The first kappa shape index (κ1) is 18.1. The summed E-state index contributed by atoms with van der Waals surface area (Å²) in [6.07, 6.45) is 2.75. The minimum Gasteiger partial charge on any atom is -0.485 e. The van der Waals surface area contributed by atoms with Gasteiger partial charge in [-0.3, -0.25) is 9.59 Å². The minimum absolute atomic E-state index is 0.0397. The molecule has 0 saturated carbocycles. The van der Waals surface area contributed by atoms with Gasteiger partial charge in [0, 0.05) is 32.3 Å².